The second-order valence-corrected chi connectivity index (χ2v) is 7.14. The maximum Gasteiger partial charge on any atom is 0.253 e. The predicted octanol–water partition coefficient (Wildman–Crippen LogP) is 2.97. The van der Waals surface area contributed by atoms with Gasteiger partial charge in [0.25, 0.3) is 5.91 Å². The summed E-state index contributed by atoms with van der Waals surface area (Å²) in [5, 5.41) is 3.25. The van der Waals surface area contributed by atoms with Gasteiger partial charge >= 0.3 is 0 Å². The number of nitrogens with one attached hydrogen (secondary N) is 1. The van der Waals surface area contributed by atoms with E-state index in [4.69, 9.17) is 0 Å². The second-order valence-electron chi connectivity index (χ2n) is 7.14. The highest BCUT2D eigenvalue weighted by Gasteiger charge is 2.24. The highest BCUT2D eigenvalue weighted by atomic mass is 16.2. The molecule has 0 radical (unpaired) electrons. The number of amides is 1. The topological polar surface area (TPSA) is 66.3 Å². The van der Waals surface area contributed by atoms with Gasteiger partial charge in [-0.1, -0.05) is 0 Å². The summed E-state index contributed by atoms with van der Waals surface area (Å²) in [7, 11) is 0. The maximum atomic E-state index is 12.9. The summed E-state index contributed by atoms with van der Waals surface area (Å²) >= 11 is 0. The first-order valence-electron chi connectivity index (χ1n) is 10.0. The summed E-state index contributed by atoms with van der Waals surface area (Å²) in [6.45, 7) is 7.61. The third-order valence-corrected chi connectivity index (χ3v) is 5.07. The minimum atomic E-state index is 0.0715. The van der Waals surface area contributed by atoms with Crippen molar-refractivity contribution in [3.05, 3.63) is 66.1 Å². The summed E-state index contributed by atoms with van der Waals surface area (Å²) < 4.78 is 2.02. The Labute approximate surface area is 171 Å². The number of hydrogen-bond acceptors (Lipinski definition) is 5. The van der Waals surface area contributed by atoms with Crippen LogP contribution >= 0.6 is 0 Å². The number of benzene rings is 1. The number of aromatic nitrogens is 3. The molecule has 0 spiro atoms. The lowest BCUT2D eigenvalue weighted by Crippen LogP contribution is -2.49. The standard InChI is InChI=1S/C22H26N6O/c1-3-23-20-16-17(2)24-22(25-20)28-14-12-27(13-15-28)21(29)18-6-8-19(9-7-18)26-10-4-5-11-26/h4-11,16H,3,12-15H2,1-2H3,(H,23,24,25). The molecule has 1 saturated heterocycles. The van der Waals surface area contributed by atoms with E-state index in [1.54, 1.807) is 0 Å². The minimum Gasteiger partial charge on any atom is -0.370 e. The van der Waals surface area contributed by atoms with Gasteiger partial charge in [0.15, 0.2) is 0 Å². The number of anilines is 2. The number of nitrogens with zero attached hydrogens (tertiary/aromatic N) is 5. The summed E-state index contributed by atoms with van der Waals surface area (Å²) in [6.07, 6.45) is 3.98. The number of carbonyl (C=O) groups excluding carboxylic acids is 1. The Morgan fingerprint density at radius 1 is 1.03 bits per heavy atom. The third kappa shape index (κ3) is 4.23. The van der Waals surface area contributed by atoms with Crippen LogP contribution in [-0.2, 0) is 0 Å². The quantitative estimate of drug-likeness (QED) is 0.726. The lowest BCUT2D eigenvalue weighted by Gasteiger charge is -2.35. The first-order chi connectivity index (χ1) is 14.1. The van der Waals surface area contributed by atoms with E-state index in [0.717, 1.165) is 48.3 Å². The average molecular weight is 390 g/mol. The van der Waals surface area contributed by atoms with Gasteiger partial charge in [0.05, 0.1) is 0 Å². The SMILES string of the molecule is CCNc1cc(C)nc(N2CCN(C(=O)c3ccc(-n4cccc4)cc3)CC2)n1. The number of carbonyl (C=O) groups is 1. The molecule has 0 bridgehead atoms. The molecule has 7 nitrogen and oxygen atoms in total. The molecule has 7 heteroatoms. The second kappa shape index (κ2) is 8.34. The molecular formula is C22H26N6O. The molecule has 1 N–H and O–H groups in total. The Balaban J connectivity index is 1.40. The number of hydrogen-bond donors (Lipinski definition) is 1. The van der Waals surface area contributed by atoms with Crippen molar-refractivity contribution >= 4 is 17.7 Å². The van der Waals surface area contributed by atoms with Crippen molar-refractivity contribution in [1.82, 2.24) is 19.4 Å². The fraction of sp³-hybridized carbons (Fsp3) is 0.318. The van der Waals surface area contributed by atoms with Gasteiger partial charge in [-0.3, -0.25) is 4.79 Å². The van der Waals surface area contributed by atoms with Gasteiger partial charge in [-0.15, -0.1) is 0 Å². The van der Waals surface area contributed by atoms with Crippen LogP contribution in [0.25, 0.3) is 5.69 Å². The van der Waals surface area contributed by atoms with Crippen molar-refractivity contribution < 1.29 is 4.79 Å². The molecule has 1 aliphatic heterocycles. The molecule has 0 atom stereocenters. The van der Waals surface area contributed by atoms with Gasteiger partial charge in [-0.2, -0.15) is 4.98 Å². The van der Waals surface area contributed by atoms with Crippen molar-refractivity contribution in [2.45, 2.75) is 13.8 Å². The normalized spacial score (nSPS) is 14.1. The Morgan fingerprint density at radius 3 is 2.38 bits per heavy atom. The molecule has 150 valence electrons. The van der Waals surface area contributed by atoms with Crippen molar-refractivity contribution in [3.8, 4) is 5.69 Å². The highest BCUT2D eigenvalue weighted by Crippen LogP contribution is 2.17. The number of piperazine rings is 1. The van der Waals surface area contributed by atoms with Crippen molar-refractivity contribution in [2.24, 2.45) is 0 Å². The molecule has 3 heterocycles. The van der Waals surface area contributed by atoms with Gasteiger partial charge in [-0.05, 0) is 50.2 Å². The zero-order valence-electron chi connectivity index (χ0n) is 16.9. The Kier molecular flexibility index (Phi) is 5.46. The zero-order valence-corrected chi connectivity index (χ0v) is 16.9. The van der Waals surface area contributed by atoms with E-state index in [-0.39, 0.29) is 5.91 Å². The summed E-state index contributed by atoms with van der Waals surface area (Å²) in [6, 6.07) is 13.7. The molecule has 0 aliphatic carbocycles. The smallest absolute Gasteiger partial charge is 0.253 e. The predicted molar refractivity (Wildman–Crippen MR) is 115 cm³/mol. The van der Waals surface area contributed by atoms with Gasteiger partial charge in [-0.25, -0.2) is 4.98 Å². The van der Waals surface area contributed by atoms with Crippen LogP contribution in [0.3, 0.4) is 0 Å². The van der Waals surface area contributed by atoms with E-state index in [1.807, 2.05) is 78.2 Å². The van der Waals surface area contributed by atoms with Crippen LogP contribution < -0.4 is 10.2 Å². The van der Waals surface area contributed by atoms with E-state index in [9.17, 15) is 4.79 Å². The van der Waals surface area contributed by atoms with Gasteiger partial charge in [0, 0.05) is 68.1 Å². The fourth-order valence-electron chi connectivity index (χ4n) is 3.54. The largest absolute Gasteiger partial charge is 0.370 e. The molecule has 4 rings (SSSR count). The Morgan fingerprint density at radius 2 is 1.72 bits per heavy atom. The maximum absolute atomic E-state index is 12.9. The highest BCUT2D eigenvalue weighted by molar-refractivity contribution is 5.94. The van der Waals surface area contributed by atoms with Gasteiger partial charge in [0.2, 0.25) is 5.95 Å². The van der Waals surface area contributed by atoms with Crippen LogP contribution in [0.1, 0.15) is 23.0 Å². The zero-order chi connectivity index (χ0) is 20.2. The van der Waals surface area contributed by atoms with E-state index in [2.05, 4.69) is 20.2 Å². The molecular weight excluding hydrogens is 364 g/mol. The molecule has 29 heavy (non-hydrogen) atoms. The summed E-state index contributed by atoms with van der Waals surface area (Å²) in [4.78, 5) is 26.1. The van der Waals surface area contributed by atoms with Crippen molar-refractivity contribution in [1.29, 1.82) is 0 Å². The van der Waals surface area contributed by atoms with Crippen molar-refractivity contribution in [3.63, 3.8) is 0 Å². The van der Waals surface area contributed by atoms with E-state index in [1.165, 1.54) is 0 Å². The average Bonchev–Trinajstić information content (AvgIpc) is 3.28. The number of rotatable bonds is 5. The molecule has 1 amide bonds. The van der Waals surface area contributed by atoms with Crippen LogP contribution in [0, 0.1) is 6.92 Å². The van der Waals surface area contributed by atoms with Crippen LogP contribution in [0.5, 0.6) is 0 Å². The molecule has 0 saturated carbocycles. The molecule has 1 fully saturated rings. The Hall–Kier alpha value is -3.35. The van der Waals surface area contributed by atoms with Crippen LogP contribution in [-0.4, -0.2) is 58.1 Å². The van der Waals surface area contributed by atoms with Crippen LogP contribution in [0.15, 0.2) is 54.9 Å². The summed E-state index contributed by atoms with van der Waals surface area (Å²) in [5.74, 6) is 1.64. The molecule has 1 aliphatic rings. The monoisotopic (exact) mass is 390 g/mol. The Bertz CT molecular complexity index is 959. The first-order valence-corrected chi connectivity index (χ1v) is 10.0. The van der Waals surface area contributed by atoms with E-state index < -0.39 is 0 Å². The van der Waals surface area contributed by atoms with Crippen LogP contribution in [0.4, 0.5) is 11.8 Å². The summed E-state index contributed by atoms with van der Waals surface area (Å²) in [5.41, 5.74) is 2.70. The van der Waals surface area contributed by atoms with E-state index in [0.29, 0.717) is 13.1 Å². The number of aryl methyl sites for hydroxylation is 1. The van der Waals surface area contributed by atoms with Gasteiger partial charge < -0.3 is 19.7 Å². The van der Waals surface area contributed by atoms with E-state index >= 15 is 0 Å². The minimum absolute atomic E-state index is 0.0715. The third-order valence-electron chi connectivity index (χ3n) is 5.07. The molecule has 0 unspecified atom stereocenters. The fourth-order valence-corrected chi connectivity index (χ4v) is 3.54. The lowest BCUT2D eigenvalue weighted by molar-refractivity contribution is 0.0746. The first kappa shape index (κ1) is 19.0. The lowest BCUT2D eigenvalue weighted by atomic mass is 10.1. The molecule has 2 aromatic heterocycles. The van der Waals surface area contributed by atoms with Gasteiger partial charge in [0.1, 0.15) is 5.82 Å². The van der Waals surface area contributed by atoms with Crippen molar-refractivity contribution in [2.75, 3.05) is 42.9 Å². The molecule has 3 aromatic rings. The molecule has 1 aromatic carbocycles. The van der Waals surface area contributed by atoms with Crippen LogP contribution in [0.2, 0.25) is 0 Å².